The molecule has 7 nitrogen and oxygen atoms in total. The molecule has 0 radical (unpaired) electrons. The molecule has 0 saturated carbocycles. The molecule has 2 aromatic heterocycles. The Balaban J connectivity index is 1.76. The van der Waals surface area contributed by atoms with E-state index >= 15 is 0 Å². The third-order valence-electron chi connectivity index (χ3n) is 3.39. The first-order chi connectivity index (χ1) is 12.5. The molecule has 0 unspecified atom stereocenters. The SMILES string of the molecule is O=C(N/N=C/c1ccc(-c2cc(Cl)ccc2C(=O)O)o1)c1cccnc1. The van der Waals surface area contributed by atoms with Crippen LogP contribution >= 0.6 is 11.6 Å². The quantitative estimate of drug-likeness (QED) is 0.529. The van der Waals surface area contributed by atoms with Crippen molar-refractivity contribution in [2.75, 3.05) is 0 Å². The van der Waals surface area contributed by atoms with Crippen molar-refractivity contribution in [2.45, 2.75) is 0 Å². The Labute approximate surface area is 152 Å². The number of hydrogen-bond acceptors (Lipinski definition) is 5. The maximum absolute atomic E-state index is 11.8. The second-order valence-corrected chi connectivity index (χ2v) is 5.57. The topological polar surface area (TPSA) is 105 Å². The maximum Gasteiger partial charge on any atom is 0.336 e. The number of hydrogen-bond donors (Lipinski definition) is 2. The number of hydrazone groups is 1. The van der Waals surface area contributed by atoms with E-state index in [0.29, 0.717) is 27.7 Å². The normalized spacial score (nSPS) is 10.8. The molecule has 0 fully saturated rings. The van der Waals surface area contributed by atoms with E-state index in [1.54, 1.807) is 30.5 Å². The van der Waals surface area contributed by atoms with Crippen molar-refractivity contribution >= 4 is 29.7 Å². The summed E-state index contributed by atoms with van der Waals surface area (Å²) in [6, 6.07) is 10.9. The lowest BCUT2D eigenvalue weighted by Crippen LogP contribution is -2.17. The van der Waals surface area contributed by atoms with E-state index in [9.17, 15) is 14.7 Å². The fraction of sp³-hybridized carbons (Fsp3) is 0. The van der Waals surface area contributed by atoms with Gasteiger partial charge in [-0.15, -0.1) is 0 Å². The van der Waals surface area contributed by atoms with Gasteiger partial charge < -0.3 is 9.52 Å². The standard InChI is InChI=1S/C18H12ClN3O4/c19-12-3-5-14(18(24)25)15(8-12)16-6-4-13(26-16)10-21-22-17(23)11-2-1-7-20-9-11/h1-10H,(H,22,23)(H,24,25)/b21-10+. The number of carbonyl (C=O) groups excluding carboxylic acids is 1. The van der Waals surface area contributed by atoms with Crippen LogP contribution in [-0.4, -0.2) is 28.2 Å². The molecule has 2 N–H and O–H groups in total. The number of carboxylic acids is 1. The maximum atomic E-state index is 11.8. The highest BCUT2D eigenvalue weighted by atomic mass is 35.5. The summed E-state index contributed by atoms with van der Waals surface area (Å²) in [5.74, 6) is -0.844. The average molecular weight is 370 g/mol. The Bertz CT molecular complexity index is 983. The highest BCUT2D eigenvalue weighted by molar-refractivity contribution is 6.31. The van der Waals surface area contributed by atoms with Crippen molar-refractivity contribution in [3.05, 3.63) is 76.8 Å². The van der Waals surface area contributed by atoms with Gasteiger partial charge in [0.05, 0.1) is 17.3 Å². The van der Waals surface area contributed by atoms with Crippen LogP contribution in [0.4, 0.5) is 0 Å². The van der Waals surface area contributed by atoms with Gasteiger partial charge in [0.15, 0.2) is 0 Å². The number of carbonyl (C=O) groups is 2. The second-order valence-electron chi connectivity index (χ2n) is 5.14. The smallest absolute Gasteiger partial charge is 0.336 e. The van der Waals surface area contributed by atoms with Gasteiger partial charge in [-0.25, -0.2) is 10.2 Å². The van der Waals surface area contributed by atoms with Crippen LogP contribution in [0, 0.1) is 0 Å². The van der Waals surface area contributed by atoms with Crippen molar-refractivity contribution < 1.29 is 19.1 Å². The number of halogens is 1. The highest BCUT2D eigenvalue weighted by Crippen LogP contribution is 2.28. The van der Waals surface area contributed by atoms with Crippen molar-refractivity contribution in [3.8, 4) is 11.3 Å². The van der Waals surface area contributed by atoms with Crippen LogP contribution < -0.4 is 5.43 Å². The Hall–Kier alpha value is -3.45. The Morgan fingerprint density at radius 3 is 2.81 bits per heavy atom. The molecule has 0 aliphatic rings. The monoisotopic (exact) mass is 369 g/mol. The molecule has 0 atom stereocenters. The van der Waals surface area contributed by atoms with Gasteiger partial charge in [-0.2, -0.15) is 5.10 Å². The molecule has 0 bridgehead atoms. The van der Waals surface area contributed by atoms with E-state index in [1.807, 2.05) is 0 Å². The lowest BCUT2D eigenvalue weighted by Gasteiger charge is -2.03. The largest absolute Gasteiger partial charge is 0.478 e. The van der Waals surface area contributed by atoms with Gasteiger partial charge in [-0.1, -0.05) is 11.6 Å². The third kappa shape index (κ3) is 3.96. The number of aromatic carboxylic acids is 1. The molecule has 8 heteroatoms. The van der Waals surface area contributed by atoms with E-state index < -0.39 is 11.9 Å². The Morgan fingerprint density at radius 1 is 1.23 bits per heavy atom. The molecule has 0 aliphatic heterocycles. The third-order valence-corrected chi connectivity index (χ3v) is 3.62. The molecular formula is C18H12ClN3O4. The molecule has 2 heterocycles. The molecule has 0 spiro atoms. The molecule has 26 heavy (non-hydrogen) atoms. The molecule has 3 aromatic rings. The zero-order chi connectivity index (χ0) is 18.5. The van der Waals surface area contributed by atoms with E-state index in [2.05, 4.69) is 15.5 Å². The first-order valence-electron chi connectivity index (χ1n) is 7.41. The molecular weight excluding hydrogens is 358 g/mol. The predicted octanol–water partition coefficient (Wildman–Crippen LogP) is 3.46. The van der Waals surface area contributed by atoms with Gasteiger partial charge in [-0.05, 0) is 42.5 Å². The number of benzene rings is 1. The minimum atomic E-state index is -1.09. The zero-order valence-electron chi connectivity index (χ0n) is 13.2. The van der Waals surface area contributed by atoms with Crippen LogP contribution in [0.15, 0.2) is 64.4 Å². The summed E-state index contributed by atoms with van der Waals surface area (Å²) >= 11 is 5.94. The second kappa shape index (κ2) is 7.62. The van der Waals surface area contributed by atoms with Gasteiger partial charge in [0, 0.05) is 23.0 Å². The van der Waals surface area contributed by atoms with Gasteiger partial charge in [0.2, 0.25) is 0 Å². The van der Waals surface area contributed by atoms with Crippen LogP contribution in [0.2, 0.25) is 5.02 Å². The average Bonchev–Trinajstić information content (AvgIpc) is 3.11. The van der Waals surface area contributed by atoms with Crippen LogP contribution in [0.25, 0.3) is 11.3 Å². The van der Waals surface area contributed by atoms with Crippen molar-refractivity contribution in [2.24, 2.45) is 5.10 Å². The first-order valence-corrected chi connectivity index (χ1v) is 7.79. The van der Waals surface area contributed by atoms with Crippen molar-refractivity contribution in [3.63, 3.8) is 0 Å². The molecule has 0 aliphatic carbocycles. The highest BCUT2D eigenvalue weighted by Gasteiger charge is 2.15. The fourth-order valence-corrected chi connectivity index (χ4v) is 2.36. The van der Waals surface area contributed by atoms with Crippen molar-refractivity contribution in [1.29, 1.82) is 0 Å². The van der Waals surface area contributed by atoms with Crippen LogP contribution in [0.5, 0.6) is 0 Å². The summed E-state index contributed by atoms with van der Waals surface area (Å²) in [5.41, 5.74) is 3.14. The Kier molecular flexibility index (Phi) is 5.09. The van der Waals surface area contributed by atoms with E-state index in [0.717, 1.165) is 0 Å². The van der Waals surface area contributed by atoms with E-state index in [-0.39, 0.29) is 5.56 Å². The molecule has 1 amide bonds. The minimum Gasteiger partial charge on any atom is -0.478 e. The zero-order valence-corrected chi connectivity index (χ0v) is 14.0. The Morgan fingerprint density at radius 2 is 2.08 bits per heavy atom. The van der Waals surface area contributed by atoms with E-state index in [4.69, 9.17) is 16.0 Å². The molecule has 3 rings (SSSR count). The summed E-state index contributed by atoms with van der Waals surface area (Å²) in [6.45, 7) is 0. The van der Waals surface area contributed by atoms with Crippen molar-refractivity contribution in [1.82, 2.24) is 10.4 Å². The summed E-state index contributed by atoms with van der Waals surface area (Å²) in [4.78, 5) is 27.0. The van der Waals surface area contributed by atoms with Gasteiger partial charge in [0.1, 0.15) is 11.5 Å². The summed E-state index contributed by atoms with van der Waals surface area (Å²) < 4.78 is 5.57. The fourth-order valence-electron chi connectivity index (χ4n) is 2.19. The van der Waals surface area contributed by atoms with Crippen LogP contribution in [0.3, 0.4) is 0 Å². The van der Waals surface area contributed by atoms with E-state index in [1.165, 1.54) is 30.6 Å². The molecule has 1 aromatic carbocycles. The van der Waals surface area contributed by atoms with Crippen LogP contribution in [0.1, 0.15) is 26.5 Å². The van der Waals surface area contributed by atoms with Gasteiger partial charge in [0.25, 0.3) is 5.91 Å². The number of amides is 1. The summed E-state index contributed by atoms with van der Waals surface area (Å²) in [5, 5.41) is 13.5. The number of nitrogens with one attached hydrogen (secondary N) is 1. The summed E-state index contributed by atoms with van der Waals surface area (Å²) in [6.07, 6.45) is 4.29. The number of furan rings is 1. The summed E-state index contributed by atoms with van der Waals surface area (Å²) in [7, 11) is 0. The van der Waals surface area contributed by atoms with Crippen LogP contribution in [-0.2, 0) is 0 Å². The number of aromatic nitrogens is 1. The lowest BCUT2D eigenvalue weighted by atomic mass is 10.1. The van der Waals surface area contributed by atoms with Gasteiger partial charge in [-0.3, -0.25) is 9.78 Å². The molecule has 130 valence electrons. The minimum absolute atomic E-state index is 0.0668. The number of pyridine rings is 1. The number of carboxylic acid groups (broad SMARTS) is 1. The number of nitrogens with zero attached hydrogens (tertiary/aromatic N) is 2. The lowest BCUT2D eigenvalue weighted by molar-refractivity contribution is 0.0697. The number of rotatable bonds is 5. The molecule has 0 saturated heterocycles. The first kappa shape index (κ1) is 17.4. The predicted molar refractivity (Wildman–Crippen MR) is 95.4 cm³/mol. The van der Waals surface area contributed by atoms with Gasteiger partial charge >= 0.3 is 5.97 Å².